The topological polar surface area (TPSA) is 78.1 Å². The number of rotatable bonds is 2. The Morgan fingerprint density at radius 1 is 1.32 bits per heavy atom. The first-order chi connectivity index (χ1) is 8.99. The molecule has 19 heavy (non-hydrogen) atoms. The molecule has 0 bridgehead atoms. The minimum Gasteiger partial charge on any atom is -0.349 e. The van der Waals surface area contributed by atoms with Crippen molar-refractivity contribution in [1.29, 1.82) is 0 Å². The zero-order chi connectivity index (χ0) is 14.0. The highest BCUT2D eigenvalue weighted by atomic mass is 16.2. The Labute approximate surface area is 112 Å². The van der Waals surface area contributed by atoms with Crippen LogP contribution in [0.4, 0.5) is 0 Å². The highest BCUT2D eigenvalue weighted by Crippen LogP contribution is 2.13. The van der Waals surface area contributed by atoms with E-state index in [1.165, 1.54) is 0 Å². The van der Waals surface area contributed by atoms with Crippen molar-refractivity contribution in [3.63, 3.8) is 0 Å². The second-order valence-electron chi connectivity index (χ2n) is 5.06. The van der Waals surface area contributed by atoms with E-state index < -0.39 is 0 Å². The van der Waals surface area contributed by atoms with Gasteiger partial charge in [0.15, 0.2) is 0 Å². The molecule has 0 aromatic carbocycles. The highest BCUT2D eigenvalue weighted by Gasteiger charge is 2.24. The van der Waals surface area contributed by atoms with Crippen LogP contribution in [-0.2, 0) is 4.79 Å². The number of aromatic nitrogens is 2. The van der Waals surface area contributed by atoms with E-state index in [1.54, 1.807) is 6.92 Å². The number of carbonyl (C=O) groups is 2. The van der Waals surface area contributed by atoms with Crippen molar-refractivity contribution in [2.24, 2.45) is 0 Å². The van der Waals surface area contributed by atoms with Crippen LogP contribution in [0.5, 0.6) is 0 Å². The molecule has 2 rings (SSSR count). The molecular formula is C13H20N4O2. The van der Waals surface area contributed by atoms with Crippen LogP contribution in [0.2, 0.25) is 0 Å². The Balaban J connectivity index is 1.93. The number of aryl methyl sites for hydroxylation is 2. The van der Waals surface area contributed by atoms with Crippen molar-refractivity contribution in [1.82, 2.24) is 20.4 Å². The van der Waals surface area contributed by atoms with Gasteiger partial charge in [-0.15, -0.1) is 0 Å². The van der Waals surface area contributed by atoms with Crippen LogP contribution >= 0.6 is 0 Å². The number of hydrogen-bond acceptors (Lipinski definition) is 3. The summed E-state index contributed by atoms with van der Waals surface area (Å²) in [6, 6.07) is 0.136. The molecule has 2 amide bonds. The summed E-state index contributed by atoms with van der Waals surface area (Å²) in [4.78, 5) is 25.2. The molecule has 1 aliphatic rings. The summed E-state index contributed by atoms with van der Waals surface area (Å²) in [5, 5.41) is 9.87. The van der Waals surface area contributed by atoms with Gasteiger partial charge in [-0.05, 0) is 26.7 Å². The van der Waals surface area contributed by atoms with Gasteiger partial charge in [0.1, 0.15) is 0 Å². The minimum atomic E-state index is -0.0787. The predicted molar refractivity (Wildman–Crippen MR) is 70.8 cm³/mol. The van der Waals surface area contributed by atoms with Crippen LogP contribution in [0, 0.1) is 13.8 Å². The summed E-state index contributed by atoms with van der Waals surface area (Å²) in [5.41, 5.74) is 2.14. The molecular weight excluding hydrogens is 244 g/mol. The zero-order valence-corrected chi connectivity index (χ0v) is 11.6. The number of nitrogens with one attached hydrogen (secondary N) is 2. The molecule has 0 aliphatic carbocycles. The average Bonchev–Trinajstić information content (AvgIpc) is 2.69. The number of amides is 2. The quantitative estimate of drug-likeness (QED) is 0.828. The molecule has 0 unspecified atom stereocenters. The molecule has 0 saturated carbocycles. The molecule has 2 N–H and O–H groups in total. The Morgan fingerprint density at radius 2 is 1.95 bits per heavy atom. The van der Waals surface area contributed by atoms with Gasteiger partial charge in [0.25, 0.3) is 5.91 Å². The first-order valence-electron chi connectivity index (χ1n) is 6.57. The van der Waals surface area contributed by atoms with Gasteiger partial charge in [0.2, 0.25) is 5.91 Å². The smallest absolute Gasteiger partial charge is 0.255 e. The fourth-order valence-corrected chi connectivity index (χ4v) is 2.48. The summed E-state index contributed by atoms with van der Waals surface area (Å²) in [6.45, 7) is 6.66. The van der Waals surface area contributed by atoms with E-state index in [2.05, 4.69) is 15.5 Å². The lowest BCUT2D eigenvalue weighted by Crippen LogP contribution is -2.46. The second-order valence-corrected chi connectivity index (χ2v) is 5.06. The minimum absolute atomic E-state index is 0.0787. The lowest BCUT2D eigenvalue weighted by molar-refractivity contribution is -0.129. The summed E-state index contributed by atoms with van der Waals surface area (Å²) >= 11 is 0. The van der Waals surface area contributed by atoms with Gasteiger partial charge in [-0.2, -0.15) is 5.10 Å². The predicted octanol–water partition coefficient (Wildman–Crippen LogP) is 0.767. The van der Waals surface area contributed by atoms with Crippen molar-refractivity contribution in [2.45, 2.75) is 39.7 Å². The fraction of sp³-hybridized carbons (Fsp3) is 0.615. The maximum absolute atomic E-state index is 12.2. The molecule has 1 aromatic heterocycles. The summed E-state index contributed by atoms with van der Waals surface area (Å²) < 4.78 is 0. The second kappa shape index (κ2) is 5.42. The highest BCUT2D eigenvalue weighted by molar-refractivity contribution is 5.96. The van der Waals surface area contributed by atoms with Crippen molar-refractivity contribution >= 4 is 11.8 Å². The summed E-state index contributed by atoms with van der Waals surface area (Å²) in [6.07, 6.45) is 1.61. The van der Waals surface area contributed by atoms with Crippen LogP contribution in [0.25, 0.3) is 0 Å². The van der Waals surface area contributed by atoms with Gasteiger partial charge >= 0.3 is 0 Å². The standard InChI is InChI=1S/C13H20N4O2/c1-8-12(9(2)16-15-8)13(19)14-11-4-6-17(7-5-11)10(3)18/h11H,4-7H2,1-3H3,(H,14,19)(H,15,16). The molecule has 0 spiro atoms. The monoisotopic (exact) mass is 264 g/mol. The molecule has 1 saturated heterocycles. The van der Waals surface area contributed by atoms with Gasteiger partial charge in [-0.3, -0.25) is 14.7 Å². The van der Waals surface area contributed by atoms with E-state index in [1.807, 2.05) is 18.7 Å². The number of hydrogen-bond donors (Lipinski definition) is 2. The largest absolute Gasteiger partial charge is 0.349 e. The third-order valence-corrected chi connectivity index (χ3v) is 3.63. The Bertz CT molecular complexity index is 467. The van der Waals surface area contributed by atoms with Crippen molar-refractivity contribution in [3.05, 3.63) is 17.0 Å². The number of H-pyrrole nitrogens is 1. The number of likely N-dealkylation sites (tertiary alicyclic amines) is 1. The molecule has 0 radical (unpaired) electrons. The Morgan fingerprint density at radius 3 is 2.42 bits per heavy atom. The van der Waals surface area contributed by atoms with Gasteiger partial charge in [0, 0.05) is 31.7 Å². The van der Waals surface area contributed by atoms with E-state index in [4.69, 9.17) is 0 Å². The average molecular weight is 264 g/mol. The molecule has 1 aliphatic heterocycles. The number of aromatic amines is 1. The molecule has 0 atom stereocenters. The molecule has 1 fully saturated rings. The number of piperidine rings is 1. The third-order valence-electron chi connectivity index (χ3n) is 3.63. The summed E-state index contributed by atoms with van der Waals surface area (Å²) in [5.74, 6) is 0.0244. The van der Waals surface area contributed by atoms with Crippen molar-refractivity contribution < 1.29 is 9.59 Å². The van der Waals surface area contributed by atoms with E-state index in [-0.39, 0.29) is 17.9 Å². The van der Waals surface area contributed by atoms with E-state index in [9.17, 15) is 9.59 Å². The maximum atomic E-state index is 12.2. The SMILES string of the molecule is CC(=O)N1CCC(NC(=O)c2c(C)n[nH]c2C)CC1. The van der Waals surface area contributed by atoms with Gasteiger partial charge in [0.05, 0.1) is 11.3 Å². The summed E-state index contributed by atoms with van der Waals surface area (Å²) in [7, 11) is 0. The van der Waals surface area contributed by atoms with Gasteiger partial charge < -0.3 is 10.2 Å². The third kappa shape index (κ3) is 2.94. The van der Waals surface area contributed by atoms with Crippen LogP contribution in [0.15, 0.2) is 0 Å². The first-order valence-corrected chi connectivity index (χ1v) is 6.57. The lowest BCUT2D eigenvalue weighted by Gasteiger charge is -2.31. The van der Waals surface area contributed by atoms with Gasteiger partial charge in [-0.1, -0.05) is 0 Å². The zero-order valence-electron chi connectivity index (χ0n) is 11.6. The van der Waals surface area contributed by atoms with Crippen LogP contribution in [0.1, 0.15) is 41.5 Å². The molecule has 6 nitrogen and oxygen atoms in total. The first kappa shape index (κ1) is 13.6. The lowest BCUT2D eigenvalue weighted by atomic mass is 10.0. The molecule has 2 heterocycles. The van der Waals surface area contributed by atoms with E-state index >= 15 is 0 Å². The van der Waals surface area contributed by atoms with Crippen LogP contribution < -0.4 is 5.32 Å². The van der Waals surface area contributed by atoms with E-state index in [0.717, 1.165) is 24.2 Å². The molecule has 6 heteroatoms. The van der Waals surface area contributed by atoms with E-state index in [0.29, 0.717) is 18.7 Å². The normalized spacial score (nSPS) is 16.5. The van der Waals surface area contributed by atoms with Gasteiger partial charge in [-0.25, -0.2) is 0 Å². The van der Waals surface area contributed by atoms with Crippen molar-refractivity contribution in [2.75, 3.05) is 13.1 Å². The fourth-order valence-electron chi connectivity index (χ4n) is 2.48. The number of nitrogens with zero attached hydrogens (tertiary/aromatic N) is 2. The Hall–Kier alpha value is -1.85. The van der Waals surface area contributed by atoms with Crippen LogP contribution in [0.3, 0.4) is 0 Å². The maximum Gasteiger partial charge on any atom is 0.255 e. The number of carbonyl (C=O) groups excluding carboxylic acids is 2. The van der Waals surface area contributed by atoms with Crippen molar-refractivity contribution in [3.8, 4) is 0 Å². The molecule has 104 valence electrons. The Kier molecular flexibility index (Phi) is 3.87. The molecule has 1 aromatic rings. The van der Waals surface area contributed by atoms with Crippen LogP contribution in [-0.4, -0.2) is 46.0 Å².